The molecule has 0 bridgehead atoms. The van der Waals surface area contributed by atoms with E-state index in [1.54, 1.807) is 33.5 Å². The van der Waals surface area contributed by atoms with Crippen molar-refractivity contribution in [2.45, 2.75) is 6.67 Å². The molecule has 4 nitrogen and oxygen atoms in total. The summed E-state index contributed by atoms with van der Waals surface area (Å²) in [6.45, 7) is 0.471. The predicted octanol–water partition coefficient (Wildman–Crippen LogP) is 5.69. The number of hydrogen-bond acceptors (Lipinski definition) is 3. The van der Waals surface area contributed by atoms with Crippen LogP contribution in [0.4, 0.5) is 4.39 Å². The maximum Gasteiger partial charge on any atom is 0.204 e. The Bertz CT molecular complexity index is 1030. The molecule has 0 unspecified atom stereocenters. The van der Waals surface area contributed by atoms with Crippen molar-refractivity contribution in [1.82, 2.24) is 19.2 Å². The number of rotatable bonds is 4. The molecular weight excluding hydrogens is 418 g/mol. The van der Waals surface area contributed by atoms with Crippen LogP contribution in [-0.2, 0) is 6.67 Å². The Hall–Kier alpha value is -1.44. The van der Waals surface area contributed by atoms with Crippen LogP contribution in [0.15, 0.2) is 36.4 Å². The molecule has 9 heteroatoms. The zero-order valence-electron chi connectivity index (χ0n) is 13.9. The summed E-state index contributed by atoms with van der Waals surface area (Å²) < 4.78 is 17.4. The minimum Gasteiger partial charge on any atom is -0.290 e. The third kappa shape index (κ3) is 3.80. The third-order valence-corrected chi connectivity index (χ3v) is 4.82. The van der Waals surface area contributed by atoms with E-state index in [-0.39, 0.29) is 5.02 Å². The second kappa shape index (κ2) is 7.66. The molecule has 0 aliphatic heterocycles. The van der Waals surface area contributed by atoms with Crippen LogP contribution in [0.1, 0.15) is 0 Å². The zero-order valence-corrected chi connectivity index (χ0v) is 17.0. The van der Waals surface area contributed by atoms with Gasteiger partial charge in [0.1, 0.15) is 5.82 Å². The fourth-order valence-electron chi connectivity index (χ4n) is 2.47. The monoisotopic (exact) mass is 430 g/mol. The van der Waals surface area contributed by atoms with E-state index in [0.717, 1.165) is 0 Å². The van der Waals surface area contributed by atoms with E-state index in [2.05, 4.69) is 5.10 Å². The van der Waals surface area contributed by atoms with E-state index < -0.39 is 5.82 Å². The fraction of sp³-hybridized carbons (Fsp3) is 0.176. The van der Waals surface area contributed by atoms with Gasteiger partial charge in [0.15, 0.2) is 5.82 Å². The predicted molar refractivity (Wildman–Crippen MR) is 106 cm³/mol. The van der Waals surface area contributed by atoms with Crippen LogP contribution < -0.4 is 0 Å². The summed E-state index contributed by atoms with van der Waals surface area (Å²) in [6.07, 6.45) is 0. The summed E-state index contributed by atoms with van der Waals surface area (Å²) in [7, 11) is 3.81. The normalized spacial score (nSPS) is 11.3. The molecule has 0 N–H and O–H groups in total. The van der Waals surface area contributed by atoms with Crippen molar-refractivity contribution in [1.29, 1.82) is 0 Å². The highest BCUT2D eigenvalue weighted by atomic mass is 35.5. The highest BCUT2D eigenvalue weighted by Gasteiger charge is 2.18. The quantitative estimate of drug-likeness (QED) is 0.496. The van der Waals surface area contributed by atoms with Gasteiger partial charge in [0.2, 0.25) is 4.77 Å². The summed E-state index contributed by atoms with van der Waals surface area (Å²) in [5, 5.41) is 5.56. The van der Waals surface area contributed by atoms with Gasteiger partial charge in [-0.15, -0.1) is 5.10 Å². The van der Waals surface area contributed by atoms with Gasteiger partial charge < -0.3 is 0 Å². The second-order valence-corrected chi connectivity index (χ2v) is 7.50. The van der Waals surface area contributed by atoms with Crippen LogP contribution in [0.5, 0.6) is 0 Å². The van der Waals surface area contributed by atoms with Crippen LogP contribution in [0.25, 0.3) is 17.1 Å². The lowest BCUT2D eigenvalue weighted by Crippen LogP contribution is -2.18. The molecular formula is C17H14Cl3FN4S. The topological polar surface area (TPSA) is 26.0 Å². The van der Waals surface area contributed by atoms with E-state index in [4.69, 9.17) is 47.0 Å². The molecule has 3 aromatic rings. The zero-order chi connectivity index (χ0) is 19.0. The molecule has 136 valence electrons. The first-order valence-corrected chi connectivity index (χ1v) is 9.07. The molecule has 3 rings (SSSR count). The van der Waals surface area contributed by atoms with Gasteiger partial charge in [0.05, 0.1) is 22.4 Å². The largest absolute Gasteiger partial charge is 0.290 e. The Morgan fingerprint density at radius 1 is 1.08 bits per heavy atom. The van der Waals surface area contributed by atoms with E-state index in [0.29, 0.717) is 38.6 Å². The van der Waals surface area contributed by atoms with Gasteiger partial charge in [0.25, 0.3) is 0 Å². The second-order valence-electron chi connectivity index (χ2n) is 5.88. The van der Waals surface area contributed by atoms with Crippen molar-refractivity contribution in [2.75, 3.05) is 14.1 Å². The van der Waals surface area contributed by atoms with Crippen LogP contribution in [0, 0.1) is 10.6 Å². The van der Waals surface area contributed by atoms with E-state index in [9.17, 15) is 4.39 Å². The molecule has 0 aliphatic carbocycles. The highest BCUT2D eigenvalue weighted by molar-refractivity contribution is 7.71. The lowest BCUT2D eigenvalue weighted by molar-refractivity contribution is 0.304. The molecule has 1 aromatic heterocycles. The fourth-order valence-corrected chi connectivity index (χ4v) is 3.43. The van der Waals surface area contributed by atoms with Crippen LogP contribution in [0.3, 0.4) is 0 Å². The van der Waals surface area contributed by atoms with Gasteiger partial charge in [-0.25, -0.2) is 9.07 Å². The first-order valence-electron chi connectivity index (χ1n) is 7.53. The number of benzene rings is 2. The van der Waals surface area contributed by atoms with Gasteiger partial charge in [-0.1, -0.05) is 34.8 Å². The molecule has 0 atom stereocenters. The van der Waals surface area contributed by atoms with Crippen LogP contribution in [-0.4, -0.2) is 33.3 Å². The Balaban J connectivity index is 2.28. The third-order valence-electron chi connectivity index (χ3n) is 3.59. The smallest absolute Gasteiger partial charge is 0.204 e. The number of nitrogens with zero attached hydrogens (tertiary/aromatic N) is 4. The van der Waals surface area contributed by atoms with Gasteiger partial charge in [-0.2, -0.15) is 0 Å². The molecule has 0 aliphatic rings. The van der Waals surface area contributed by atoms with Crippen molar-refractivity contribution in [3.63, 3.8) is 0 Å². The molecule has 0 spiro atoms. The Morgan fingerprint density at radius 3 is 2.42 bits per heavy atom. The summed E-state index contributed by atoms with van der Waals surface area (Å²) >= 11 is 23.9. The molecule has 0 amide bonds. The molecule has 0 fully saturated rings. The van der Waals surface area contributed by atoms with Gasteiger partial charge >= 0.3 is 0 Å². The summed E-state index contributed by atoms with van der Waals surface area (Å²) in [4.78, 5) is 1.93. The Labute approximate surface area is 170 Å². The van der Waals surface area contributed by atoms with Crippen LogP contribution in [0.2, 0.25) is 15.1 Å². The minimum atomic E-state index is -0.506. The molecule has 26 heavy (non-hydrogen) atoms. The lowest BCUT2D eigenvalue weighted by atomic mass is 10.2. The first-order chi connectivity index (χ1) is 12.3. The maximum atomic E-state index is 13.6. The highest BCUT2D eigenvalue weighted by Crippen LogP contribution is 2.32. The van der Waals surface area contributed by atoms with Crippen molar-refractivity contribution in [3.05, 3.63) is 62.1 Å². The van der Waals surface area contributed by atoms with Gasteiger partial charge in [-0.3, -0.25) is 9.47 Å². The van der Waals surface area contributed by atoms with Crippen molar-refractivity contribution < 1.29 is 4.39 Å². The summed E-state index contributed by atoms with van der Waals surface area (Å²) in [6, 6.07) is 9.50. The van der Waals surface area contributed by atoms with Gasteiger partial charge in [-0.05, 0) is 62.7 Å². The molecule has 0 saturated carbocycles. The van der Waals surface area contributed by atoms with Crippen molar-refractivity contribution in [2.24, 2.45) is 0 Å². The molecule has 2 aromatic carbocycles. The number of aromatic nitrogens is 3. The SMILES string of the molecule is CN(C)Cn1nc(-c2ccc(Cl)cc2Cl)n(-c2ccc(F)c(Cl)c2)c1=S. The maximum absolute atomic E-state index is 13.6. The summed E-state index contributed by atoms with van der Waals surface area (Å²) in [5.41, 5.74) is 1.24. The Kier molecular flexibility index (Phi) is 5.69. The molecule has 0 saturated heterocycles. The Morgan fingerprint density at radius 2 is 1.81 bits per heavy atom. The van der Waals surface area contributed by atoms with Crippen LogP contribution >= 0.6 is 47.0 Å². The average molecular weight is 432 g/mol. The molecule has 0 radical (unpaired) electrons. The van der Waals surface area contributed by atoms with Crippen molar-refractivity contribution in [3.8, 4) is 17.1 Å². The lowest BCUT2D eigenvalue weighted by Gasteiger charge is -2.09. The number of halogens is 4. The van der Waals surface area contributed by atoms with Crippen molar-refractivity contribution >= 4 is 47.0 Å². The molecule has 1 heterocycles. The summed E-state index contributed by atoms with van der Waals surface area (Å²) in [5.74, 6) is 0.00915. The average Bonchev–Trinajstić information content (AvgIpc) is 2.86. The number of hydrogen-bond donors (Lipinski definition) is 0. The standard InChI is InChI=1S/C17H14Cl3FN4S/c1-23(2)9-24-17(26)25(11-4-6-15(21)14(20)8-11)16(22-24)12-5-3-10(18)7-13(12)19/h3-8H,9H2,1-2H3. The van der Waals surface area contributed by atoms with E-state index in [1.165, 1.54) is 12.1 Å². The first kappa shape index (κ1) is 19.3. The minimum absolute atomic E-state index is 0.00193. The van der Waals surface area contributed by atoms with E-state index in [1.807, 2.05) is 19.0 Å². The van der Waals surface area contributed by atoms with E-state index >= 15 is 0 Å². The van der Waals surface area contributed by atoms with Gasteiger partial charge in [0, 0.05) is 10.6 Å².